The second-order valence-electron chi connectivity index (χ2n) is 4.72. The van der Waals surface area contributed by atoms with Crippen LogP contribution in [0.25, 0.3) is 10.2 Å². The van der Waals surface area contributed by atoms with E-state index < -0.39 is 23.3 Å². The van der Waals surface area contributed by atoms with E-state index in [4.69, 9.17) is 5.11 Å². The number of amides is 1. The molecule has 116 valence electrons. The Morgan fingerprint density at radius 3 is 2.70 bits per heavy atom. The molecule has 7 nitrogen and oxygen atoms in total. The van der Waals surface area contributed by atoms with Gasteiger partial charge < -0.3 is 15.4 Å². The molecule has 3 N–H and O–H groups in total. The molecule has 0 unspecified atom stereocenters. The number of aromatic nitrogens is 2. The van der Waals surface area contributed by atoms with E-state index in [1.54, 1.807) is 0 Å². The lowest BCUT2D eigenvalue weighted by molar-refractivity contribution is 0.0683. The number of aromatic amines is 1. The van der Waals surface area contributed by atoms with Gasteiger partial charge in [-0.25, -0.2) is 9.78 Å². The number of hydrogen-bond acceptors (Lipinski definition) is 5. The van der Waals surface area contributed by atoms with Crippen LogP contribution in [0.15, 0.2) is 40.5 Å². The van der Waals surface area contributed by atoms with Gasteiger partial charge in [0.2, 0.25) is 5.82 Å². The van der Waals surface area contributed by atoms with E-state index in [1.807, 2.05) is 30.3 Å². The molecule has 0 aliphatic heterocycles. The molecular weight excluding hydrogens is 318 g/mol. The third kappa shape index (κ3) is 2.97. The van der Waals surface area contributed by atoms with Gasteiger partial charge in [0.1, 0.15) is 4.83 Å². The standard InChI is InChI=1S/C15H11N3O4S/c19-12(16-6-8-4-2-1-3-5-8)9-7-23-14-10(9)13(20)17-11(18-14)15(21)22/h1-5,7H,6H2,(H,16,19)(H,21,22)(H,17,18,20). The number of carbonyl (C=O) groups excluding carboxylic acids is 1. The van der Waals surface area contributed by atoms with Gasteiger partial charge in [-0.1, -0.05) is 30.3 Å². The molecule has 3 rings (SSSR count). The van der Waals surface area contributed by atoms with Gasteiger partial charge in [-0.2, -0.15) is 0 Å². The van der Waals surface area contributed by atoms with Crippen LogP contribution in [0.3, 0.4) is 0 Å². The molecule has 0 aliphatic carbocycles. The molecule has 0 spiro atoms. The highest BCUT2D eigenvalue weighted by molar-refractivity contribution is 7.17. The highest BCUT2D eigenvalue weighted by Crippen LogP contribution is 2.21. The van der Waals surface area contributed by atoms with Gasteiger partial charge >= 0.3 is 5.97 Å². The average Bonchev–Trinajstić information content (AvgIpc) is 2.98. The molecule has 8 heteroatoms. The molecule has 23 heavy (non-hydrogen) atoms. The predicted octanol–water partition coefficient (Wildman–Crippen LogP) is 1.61. The highest BCUT2D eigenvalue weighted by Gasteiger charge is 2.18. The Morgan fingerprint density at radius 1 is 1.26 bits per heavy atom. The quantitative estimate of drug-likeness (QED) is 0.673. The Kier molecular flexibility index (Phi) is 3.90. The zero-order chi connectivity index (χ0) is 16.4. The molecule has 0 fully saturated rings. The molecule has 2 heterocycles. The number of carbonyl (C=O) groups is 2. The van der Waals surface area contributed by atoms with Crippen LogP contribution in [0, 0.1) is 0 Å². The van der Waals surface area contributed by atoms with Crippen LogP contribution in [0.1, 0.15) is 26.5 Å². The van der Waals surface area contributed by atoms with Crippen LogP contribution in [-0.2, 0) is 6.54 Å². The number of nitrogens with zero attached hydrogens (tertiary/aromatic N) is 1. The van der Waals surface area contributed by atoms with Gasteiger partial charge in [-0.05, 0) is 5.56 Å². The number of benzene rings is 1. The monoisotopic (exact) mass is 329 g/mol. The minimum absolute atomic E-state index is 0.102. The van der Waals surface area contributed by atoms with Gasteiger partial charge in [0.15, 0.2) is 0 Å². The summed E-state index contributed by atoms with van der Waals surface area (Å²) in [6.07, 6.45) is 0. The molecule has 0 bridgehead atoms. The number of rotatable bonds is 4. The molecule has 0 aliphatic rings. The molecule has 3 aromatic rings. The van der Waals surface area contributed by atoms with Gasteiger partial charge in [-0.3, -0.25) is 9.59 Å². The summed E-state index contributed by atoms with van der Waals surface area (Å²) in [6, 6.07) is 9.36. The van der Waals surface area contributed by atoms with Gasteiger partial charge in [0.05, 0.1) is 10.9 Å². The maximum atomic E-state index is 12.3. The molecule has 0 atom stereocenters. The fourth-order valence-electron chi connectivity index (χ4n) is 2.09. The van der Waals surface area contributed by atoms with Gasteiger partial charge in [0, 0.05) is 11.9 Å². The minimum Gasteiger partial charge on any atom is -0.475 e. The van der Waals surface area contributed by atoms with Crippen molar-refractivity contribution in [3.63, 3.8) is 0 Å². The van der Waals surface area contributed by atoms with Gasteiger partial charge in [0.25, 0.3) is 11.5 Å². The summed E-state index contributed by atoms with van der Waals surface area (Å²) in [5.74, 6) is -2.18. The summed E-state index contributed by atoms with van der Waals surface area (Å²) in [6.45, 7) is 0.329. The lowest BCUT2D eigenvalue weighted by Crippen LogP contribution is -2.24. The highest BCUT2D eigenvalue weighted by atomic mass is 32.1. The van der Waals surface area contributed by atoms with E-state index in [0.29, 0.717) is 6.54 Å². The first-order chi connectivity index (χ1) is 11.1. The van der Waals surface area contributed by atoms with E-state index in [-0.39, 0.29) is 15.8 Å². The smallest absolute Gasteiger partial charge is 0.372 e. The minimum atomic E-state index is -1.33. The van der Waals surface area contributed by atoms with E-state index in [9.17, 15) is 14.4 Å². The van der Waals surface area contributed by atoms with Crippen LogP contribution < -0.4 is 10.9 Å². The first-order valence-electron chi connectivity index (χ1n) is 6.63. The fraction of sp³-hybridized carbons (Fsp3) is 0.0667. The van der Waals surface area contributed by atoms with E-state index in [2.05, 4.69) is 15.3 Å². The maximum absolute atomic E-state index is 12.3. The largest absolute Gasteiger partial charge is 0.475 e. The lowest BCUT2D eigenvalue weighted by atomic mass is 10.2. The molecular formula is C15H11N3O4S. The van der Waals surface area contributed by atoms with Crippen molar-refractivity contribution in [2.75, 3.05) is 0 Å². The second kappa shape index (κ2) is 6.01. The van der Waals surface area contributed by atoms with Crippen molar-refractivity contribution in [3.05, 3.63) is 63.0 Å². The fourth-order valence-corrected chi connectivity index (χ4v) is 3.01. The SMILES string of the molecule is O=C(O)c1nc2scc(C(=O)NCc3ccccc3)c2c(=O)[nH]1. The third-order valence-electron chi connectivity index (χ3n) is 3.19. The number of H-pyrrole nitrogens is 1. The van der Waals surface area contributed by atoms with Crippen molar-refractivity contribution in [3.8, 4) is 0 Å². The van der Waals surface area contributed by atoms with Crippen molar-refractivity contribution in [2.24, 2.45) is 0 Å². The molecule has 1 amide bonds. The number of carboxylic acids is 1. The normalized spacial score (nSPS) is 10.6. The summed E-state index contributed by atoms with van der Waals surface area (Å²) in [4.78, 5) is 41.4. The Labute approximate surface area is 133 Å². The van der Waals surface area contributed by atoms with Crippen LogP contribution >= 0.6 is 11.3 Å². The Hall–Kier alpha value is -3.00. The van der Waals surface area contributed by atoms with Crippen molar-refractivity contribution in [1.29, 1.82) is 0 Å². The van der Waals surface area contributed by atoms with Crippen LogP contribution in [0.4, 0.5) is 0 Å². The number of hydrogen-bond donors (Lipinski definition) is 3. The maximum Gasteiger partial charge on any atom is 0.372 e. The average molecular weight is 329 g/mol. The zero-order valence-corrected chi connectivity index (χ0v) is 12.5. The molecule has 2 aromatic heterocycles. The second-order valence-corrected chi connectivity index (χ2v) is 5.58. The Bertz CT molecular complexity index is 946. The zero-order valence-electron chi connectivity index (χ0n) is 11.7. The molecule has 0 saturated heterocycles. The molecule has 0 saturated carbocycles. The van der Waals surface area contributed by atoms with Crippen molar-refractivity contribution in [2.45, 2.75) is 6.54 Å². The third-order valence-corrected chi connectivity index (χ3v) is 4.06. The molecule has 0 radical (unpaired) electrons. The topological polar surface area (TPSA) is 112 Å². The number of thiophene rings is 1. The number of carboxylic acid groups (broad SMARTS) is 1. The summed E-state index contributed by atoms with van der Waals surface area (Å²) in [7, 11) is 0. The van der Waals surface area contributed by atoms with E-state index >= 15 is 0 Å². The number of fused-ring (bicyclic) bond motifs is 1. The first kappa shape index (κ1) is 14.9. The lowest BCUT2D eigenvalue weighted by Gasteiger charge is -2.04. The molecule has 1 aromatic carbocycles. The number of aromatic carboxylic acids is 1. The summed E-state index contributed by atoms with van der Waals surface area (Å²) in [5, 5.41) is 13.2. The first-order valence-corrected chi connectivity index (χ1v) is 7.51. The summed E-state index contributed by atoms with van der Waals surface area (Å²) >= 11 is 1.05. The van der Waals surface area contributed by atoms with Gasteiger partial charge in [-0.15, -0.1) is 11.3 Å². The summed E-state index contributed by atoms with van der Waals surface area (Å²) in [5.41, 5.74) is 0.478. The number of nitrogens with one attached hydrogen (secondary N) is 2. The van der Waals surface area contributed by atoms with E-state index in [1.165, 1.54) is 5.38 Å². The predicted molar refractivity (Wildman–Crippen MR) is 84.8 cm³/mol. The Balaban J connectivity index is 1.89. The van der Waals surface area contributed by atoms with Crippen LogP contribution in [0.5, 0.6) is 0 Å². The van der Waals surface area contributed by atoms with E-state index in [0.717, 1.165) is 16.9 Å². The van der Waals surface area contributed by atoms with Crippen molar-refractivity contribution < 1.29 is 14.7 Å². The van der Waals surface area contributed by atoms with Crippen LogP contribution in [0.2, 0.25) is 0 Å². The van der Waals surface area contributed by atoms with Crippen molar-refractivity contribution in [1.82, 2.24) is 15.3 Å². The van der Waals surface area contributed by atoms with Crippen molar-refractivity contribution >= 4 is 33.4 Å². The van der Waals surface area contributed by atoms with Crippen LogP contribution in [-0.4, -0.2) is 27.0 Å². The Morgan fingerprint density at radius 2 is 2.00 bits per heavy atom. The summed E-state index contributed by atoms with van der Waals surface area (Å²) < 4.78 is 0.